The molecule has 0 aromatic rings. The standard InChI is InChI=1S/C9H13N.2C2H6/c1-3-4-5-6-9(2)7-8-10;2*1-2/h3-8H,2,10H2,1H3;2*1-2H3/b4-3-,6-5-,8-7+;;. The number of hydrogen-bond donors (Lipinski definition) is 1. The molecule has 14 heavy (non-hydrogen) atoms. The quantitative estimate of drug-likeness (QED) is 0.671. The van der Waals surface area contributed by atoms with Crippen LogP contribution in [0.3, 0.4) is 0 Å². The SMILES string of the molecule is C=C(/C=C\C=C/C)/C=C/N.CC.CC. The Bertz CT molecular complexity index is 174. The third-order valence-corrected chi connectivity index (χ3v) is 0.924. The molecule has 1 heteroatoms. The first-order chi connectivity index (χ1) is 6.81. The Morgan fingerprint density at radius 1 is 1.00 bits per heavy atom. The van der Waals surface area contributed by atoms with Crippen LogP contribution in [-0.2, 0) is 0 Å². The molecular formula is C13H25N. The molecule has 2 N–H and O–H groups in total. The molecule has 0 rings (SSSR count). The van der Waals surface area contributed by atoms with Crippen molar-refractivity contribution >= 4 is 0 Å². The van der Waals surface area contributed by atoms with Gasteiger partial charge in [0.2, 0.25) is 0 Å². The Kier molecular flexibility index (Phi) is 29.9. The third kappa shape index (κ3) is 22.4. The minimum atomic E-state index is 0.903. The van der Waals surface area contributed by atoms with Crippen molar-refractivity contribution in [1.29, 1.82) is 0 Å². The smallest absolute Gasteiger partial charge is 0.00566 e. The summed E-state index contributed by atoms with van der Waals surface area (Å²) in [6.07, 6.45) is 10.9. The lowest BCUT2D eigenvalue weighted by molar-refractivity contribution is 1.50. The zero-order chi connectivity index (χ0) is 11.8. The van der Waals surface area contributed by atoms with Gasteiger partial charge in [0.15, 0.2) is 0 Å². The van der Waals surface area contributed by atoms with E-state index in [-0.39, 0.29) is 0 Å². The highest BCUT2D eigenvalue weighted by Gasteiger charge is 1.73. The molecule has 0 saturated heterocycles. The second-order valence-electron chi connectivity index (χ2n) is 1.82. The number of hydrogen-bond acceptors (Lipinski definition) is 1. The van der Waals surface area contributed by atoms with Gasteiger partial charge in [0.05, 0.1) is 0 Å². The summed E-state index contributed by atoms with van der Waals surface area (Å²) in [5.41, 5.74) is 6.04. The fourth-order valence-electron chi connectivity index (χ4n) is 0.469. The summed E-state index contributed by atoms with van der Waals surface area (Å²) in [5, 5.41) is 0. The van der Waals surface area contributed by atoms with E-state index in [2.05, 4.69) is 6.58 Å². The average Bonchev–Trinajstić information content (AvgIpc) is 2.25. The summed E-state index contributed by atoms with van der Waals surface area (Å²) in [4.78, 5) is 0. The lowest BCUT2D eigenvalue weighted by atomic mass is 10.2. The first-order valence-corrected chi connectivity index (χ1v) is 5.17. The molecule has 1 nitrogen and oxygen atoms in total. The number of rotatable bonds is 3. The number of allylic oxidation sites excluding steroid dienone is 6. The van der Waals surface area contributed by atoms with Gasteiger partial charge in [0.1, 0.15) is 0 Å². The zero-order valence-corrected chi connectivity index (χ0v) is 10.2. The van der Waals surface area contributed by atoms with Crippen LogP contribution in [0.25, 0.3) is 0 Å². The van der Waals surface area contributed by atoms with Gasteiger partial charge < -0.3 is 5.73 Å². The van der Waals surface area contributed by atoms with Crippen LogP contribution in [0.5, 0.6) is 0 Å². The molecule has 0 fully saturated rings. The highest BCUT2D eigenvalue weighted by molar-refractivity contribution is 5.28. The molecule has 0 aliphatic carbocycles. The molecule has 0 amide bonds. The van der Waals surface area contributed by atoms with Crippen molar-refractivity contribution in [2.24, 2.45) is 5.73 Å². The van der Waals surface area contributed by atoms with E-state index in [1.54, 1.807) is 6.08 Å². The number of nitrogens with two attached hydrogens (primary N) is 1. The molecule has 0 heterocycles. The van der Waals surface area contributed by atoms with E-state index in [1.165, 1.54) is 6.20 Å². The Morgan fingerprint density at radius 3 is 1.86 bits per heavy atom. The van der Waals surface area contributed by atoms with Crippen LogP contribution in [0.2, 0.25) is 0 Å². The van der Waals surface area contributed by atoms with E-state index < -0.39 is 0 Å². The van der Waals surface area contributed by atoms with Crippen molar-refractivity contribution in [3.8, 4) is 0 Å². The summed E-state index contributed by atoms with van der Waals surface area (Å²) >= 11 is 0. The lowest BCUT2D eigenvalue weighted by Gasteiger charge is -1.83. The average molecular weight is 195 g/mol. The monoisotopic (exact) mass is 195 g/mol. The van der Waals surface area contributed by atoms with Crippen LogP contribution in [0.4, 0.5) is 0 Å². The van der Waals surface area contributed by atoms with Gasteiger partial charge in [-0.05, 0) is 24.8 Å². The summed E-state index contributed by atoms with van der Waals surface area (Å²) < 4.78 is 0. The fraction of sp³-hybridized carbons (Fsp3) is 0.385. The van der Waals surface area contributed by atoms with Crippen LogP contribution in [-0.4, -0.2) is 0 Å². The minimum absolute atomic E-state index is 0.903. The lowest BCUT2D eigenvalue weighted by Crippen LogP contribution is -1.76. The van der Waals surface area contributed by atoms with Gasteiger partial charge in [-0.2, -0.15) is 0 Å². The van der Waals surface area contributed by atoms with Crippen LogP contribution >= 0.6 is 0 Å². The van der Waals surface area contributed by atoms with Crippen molar-refractivity contribution in [3.63, 3.8) is 0 Å². The summed E-state index contributed by atoms with van der Waals surface area (Å²) in [6.45, 7) is 13.7. The van der Waals surface area contributed by atoms with Crippen molar-refractivity contribution in [2.75, 3.05) is 0 Å². The van der Waals surface area contributed by atoms with Gasteiger partial charge >= 0.3 is 0 Å². The second-order valence-corrected chi connectivity index (χ2v) is 1.82. The Morgan fingerprint density at radius 2 is 1.50 bits per heavy atom. The van der Waals surface area contributed by atoms with Gasteiger partial charge in [0, 0.05) is 0 Å². The Balaban J connectivity index is -0.000000266. The Labute approximate surface area is 89.7 Å². The summed E-state index contributed by atoms with van der Waals surface area (Å²) in [5.74, 6) is 0. The maximum Gasteiger partial charge on any atom is -0.00566 e. The van der Waals surface area contributed by atoms with Gasteiger partial charge in [-0.15, -0.1) is 0 Å². The molecule has 0 aromatic carbocycles. The van der Waals surface area contributed by atoms with Crippen LogP contribution in [0, 0.1) is 0 Å². The predicted molar refractivity (Wildman–Crippen MR) is 69.1 cm³/mol. The third-order valence-electron chi connectivity index (χ3n) is 0.924. The molecule has 0 spiro atoms. The van der Waals surface area contributed by atoms with E-state index in [9.17, 15) is 0 Å². The van der Waals surface area contributed by atoms with Crippen LogP contribution in [0.15, 0.2) is 48.7 Å². The van der Waals surface area contributed by atoms with Crippen molar-refractivity contribution < 1.29 is 0 Å². The molecule has 82 valence electrons. The van der Waals surface area contributed by atoms with Gasteiger partial charge in [-0.25, -0.2) is 0 Å². The highest BCUT2D eigenvalue weighted by atomic mass is 14.5. The maximum atomic E-state index is 5.14. The zero-order valence-electron chi connectivity index (χ0n) is 10.2. The van der Waals surface area contributed by atoms with E-state index >= 15 is 0 Å². The first kappa shape index (κ1) is 18.5. The van der Waals surface area contributed by atoms with Gasteiger partial charge in [-0.3, -0.25) is 0 Å². The summed E-state index contributed by atoms with van der Waals surface area (Å²) in [7, 11) is 0. The first-order valence-electron chi connectivity index (χ1n) is 5.17. The molecule has 0 aromatic heterocycles. The largest absolute Gasteiger partial charge is 0.405 e. The molecule has 0 aliphatic rings. The normalized spacial score (nSPS) is 9.50. The van der Waals surface area contributed by atoms with Crippen molar-refractivity contribution in [3.05, 3.63) is 48.7 Å². The topological polar surface area (TPSA) is 26.0 Å². The molecule has 0 unspecified atom stereocenters. The molecule has 0 atom stereocenters. The Hall–Kier alpha value is -1.24. The molecule has 0 aliphatic heterocycles. The van der Waals surface area contributed by atoms with E-state index in [0.29, 0.717) is 0 Å². The van der Waals surface area contributed by atoms with Gasteiger partial charge in [0.25, 0.3) is 0 Å². The van der Waals surface area contributed by atoms with Crippen LogP contribution in [0.1, 0.15) is 34.6 Å². The summed E-state index contributed by atoms with van der Waals surface area (Å²) in [6, 6.07) is 0. The maximum absolute atomic E-state index is 5.14. The van der Waals surface area contributed by atoms with Crippen molar-refractivity contribution in [1.82, 2.24) is 0 Å². The van der Waals surface area contributed by atoms with Gasteiger partial charge in [-0.1, -0.05) is 58.6 Å². The van der Waals surface area contributed by atoms with Crippen molar-refractivity contribution in [2.45, 2.75) is 34.6 Å². The molecule has 0 saturated carbocycles. The predicted octanol–water partition coefficient (Wildman–Crippen LogP) is 4.20. The second kappa shape index (κ2) is 22.6. The van der Waals surface area contributed by atoms with E-state index in [1.807, 2.05) is 58.9 Å². The molecule has 0 bridgehead atoms. The fourth-order valence-corrected chi connectivity index (χ4v) is 0.469. The molecule has 0 radical (unpaired) electrons. The highest BCUT2D eigenvalue weighted by Crippen LogP contribution is 1.93. The van der Waals surface area contributed by atoms with E-state index in [4.69, 9.17) is 5.73 Å². The van der Waals surface area contributed by atoms with Crippen LogP contribution < -0.4 is 5.73 Å². The minimum Gasteiger partial charge on any atom is -0.405 e. The van der Waals surface area contributed by atoms with E-state index in [0.717, 1.165) is 5.57 Å². The molecular weight excluding hydrogens is 170 g/mol.